The topological polar surface area (TPSA) is 52.6 Å². The van der Waals surface area contributed by atoms with E-state index in [0.717, 1.165) is 26.1 Å². The predicted octanol–water partition coefficient (Wildman–Crippen LogP) is -0.438. The Hall–Kier alpha value is -0.170. The van der Waals surface area contributed by atoms with Gasteiger partial charge in [-0.25, -0.2) is 8.42 Å². The molecule has 1 heterocycles. The van der Waals surface area contributed by atoms with Crippen molar-refractivity contribution in [3.63, 3.8) is 0 Å². The Morgan fingerprint density at radius 2 is 1.81 bits per heavy atom. The van der Waals surface area contributed by atoms with Crippen LogP contribution in [0.2, 0.25) is 0 Å². The first-order valence-electron chi connectivity index (χ1n) is 5.79. The number of piperazine rings is 1. The summed E-state index contributed by atoms with van der Waals surface area (Å²) in [6.07, 6.45) is 2.39. The monoisotopic (exact) mass is 249 g/mol. The van der Waals surface area contributed by atoms with Crippen LogP contribution in [0.5, 0.6) is 0 Å². The number of hydrogen-bond donors (Lipinski definition) is 1. The lowest BCUT2D eigenvalue weighted by atomic mass is 10.2. The summed E-state index contributed by atoms with van der Waals surface area (Å²) < 4.78 is 24.2. The molecule has 6 heteroatoms. The molecule has 1 aliphatic heterocycles. The minimum Gasteiger partial charge on any atom is -0.320 e. The molecule has 1 N–H and O–H groups in total. The highest BCUT2D eigenvalue weighted by Gasteiger charge is 2.25. The van der Waals surface area contributed by atoms with Crippen molar-refractivity contribution in [1.82, 2.24) is 14.5 Å². The van der Waals surface area contributed by atoms with Crippen molar-refractivity contribution in [3.05, 3.63) is 0 Å². The zero-order valence-corrected chi connectivity index (χ0v) is 11.3. The summed E-state index contributed by atoms with van der Waals surface area (Å²) in [5.74, 6) is 0. The lowest BCUT2D eigenvalue weighted by Crippen LogP contribution is -2.51. The van der Waals surface area contributed by atoms with Crippen LogP contribution in [0.3, 0.4) is 0 Å². The summed E-state index contributed by atoms with van der Waals surface area (Å²) in [7, 11) is -1.04. The van der Waals surface area contributed by atoms with E-state index in [1.807, 2.05) is 7.05 Å². The molecule has 1 atom stereocenters. The van der Waals surface area contributed by atoms with Crippen molar-refractivity contribution >= 4 is 10.0 Å². The average Bonchev–Trinajstić information content (AvgIpc) is 2.25. The van der Waals surface area contributed by atoms with Crippen LogP contribution < -0.4 is 5.32 Å². The van der Waals surface area contributed by atoms with Crippen LogP contribution in [-0.2, 0) is 10.0 Å². The summed E-state index contributed by atoms with van der Waals surface area (Å²) in [6.45, 7) is 6.16. The Morgan fingerprint density at radius 1 is 1.25 bits per heavy atom. The van der Waals surface area contributed by atoms with Crippen molar-refractivity contribution in [3.8, 4) is 0 Å². The standard InChI is InChI=1S/C10H23N3O2S/c1-10(4-5-11-2)12-6-8-13(9-7-12)16(3,14)15/h10-11H,4-9H2,1-3H3. The molecule has 1 unspecified atom stereocenters. The zero-order chi connectivity index (χ0) is 12.2. The van der Waals surface area contributed by atoms with E-state index >= 15 is 0 Å². The van der Waals surface area contributed by atoms with Gasteiger partial charge in [0.25, 0.3) is 0 Å². The van der Waals surface area contributed by atoms with Crippen LogP contribution in [0.15, 0.2) is 0 Å². The highest BCUT2D eigenvalue weighted by atomic mass is 32.2. The minimum absolute atomic E-state index is 0.522. The molecule has 0 aliphatic carbocycles. The van der Waals surface area contributed by atoms with Crippen LogP contribution >= 0.6 is 0 Å². The first-order valence-corrected chi connectivity index (χ1v) is 7.63. The van der Waals surface area contributed by atoms with Gasteiger partial charge in [-0.1, -0.05) is 0 Å². The molecular formula is C10H23N3O2S. The van der Waals surface area contributed by atoms with Gasteiger partial charge in [-0.05, 0) is 26.9 Å². The fourth-order valence-corrected chi connectivity index (χ4v) is 2.84. The average molecular weight is 249 g/mol. The van der Waals surface area contributed by atoms with Crippen LogP contribution in [-0.4, -0.2) is 69.7 Å². The molecule has 5 nitrogen and oxygen atoms in total. The molecule has 0 aromatic heterocycles. The Bertz CT molecular complexity index is 297. The maximum Gasteiger partial charge on any atom is 0.211 e. The van der Waals surface area contributed by atoms with Crippen molar-refractivity contribution in [2.75, 3.05) is 46.0 Å². The molecule has 0 amide bonds. The van der Waals surface area contributed by atoms with Gasteiger partial charge in [0.05, 0.1) is 6.26 Å². The molecule has 0 aromatic carbocycles. The normalized spacial score (nSPS) is 22.2. The molecule has 16 heavy (non-hydrogen) atoms. The second-order valence-electron chi connectivity index (χ2n) is 4.44. The number of sulfonamides is 1. The van der Waals surface area contributed by atoms with Gasteiger partial charge in [0.2, 0.25) is 10.0 Å². The molecule has 1 rings (SSSR count). The predicted molar refractivity (Wildman–Crippen MR) is 66.0 cm³/mol. The van der Waals surface area contributed by atoms with Crippen molar-refractivity contribution in [2.24, 2.45) is 0 Å². The molecule has 0 bridgehead atoms. The molecule has 0 radical (unpaired) electrons. The molecule has 0 spiro atoms. The van der Waals surface area contributed by atoms with Crippen LogP contribution in [0.4, 0.5) is 0 Å². The lowest BCUT2D eigenvalue weighted by Gasteiger charge is -2.36. The van der Waals surface area contributed by atoms with E-state index in [-0.39, 0.29) is 0 Å². The van der Waals surface area contributed by atoms with E-state index < -0.39 is 10.0 Å². The van der Waals surface area contributed by atoms with Crippen molar-refractivity contribution in [1.29, 1.82) is 0 Å². The maximum atomic E-state index is 11.3. The molecule has 1 fully saturated rings. The highest BCUT2D eigenvalue weighted by Crippen LogP contribution is 2.10. The van der Waals surface area contributed by atoms with E-state index in [1.165, 1.54) is 6.26 Å². The smallest absolute Gasteiger partial charge is 0.211 e. The van der Waals surface area contributed by atoms with Gasteiger partial charge in [0.1, 0.15) is 0 Å². The zero-order valence-electron chi connectivity index (χ0n) is 10.4. The van der Waals surface area contributed by atoms with Gasteiger partial charge >= 0.3 is 0 Å². The second kappa shape index (κ2) is 5.95. The first kappa shape index (κ1) is 13.9. The molecule has 96 valence electrons. The van der Waals surface area contributed by atoms with Crippen LogP contribution in [0.1, 0.15) is 13.3 Å². The molecule has 1 aliphatic rings. The van der Waals surface area contributed by atoms with E-state index in [1.54, 1.807) is 4.31 Å². The molecular weight excluding hydrogens is 226 g/mol. The second-order valence-corrected chi connectivity index (χ2v) is 6.42. The number of nitrogens with one attached hydrogen (secondary N) is 1. The van der Waals surface area contributed by atoms with E-state index in [4.69, 9.17) is 0 Å². The Balaban J connectivity index is 2.37. The Kier molecular flexibility index (Phi) is 5.17. The van der Waals surface area contributed by atoms with Gasteiger partial charge in [-0.3, -0.25) is 4.90 Å². The maximum absolute atomic E-state index is 11.3. The summed E-state index contributed by atoms with van der Waals surface area (Å²) in [4.78, 5) is 2.36. The van der Waals surface area contributed by atoms with Gasteiger partial charge in [0.15, 0.2) is 0 Å². The number of rotatable bonds is 5. The third kappa shape index (κ3) is 4.01. The fraction of sp³-hybridized carbons (Fsp3) is 1.00. The van der Waals surface area contributed by atoms with Crippen molar-refractivity contribution < 1.29 is 8.42 Å². The van der Waals surface area contributed by atoms with Gasteiger partial charge < -0.3 is 5.32 Å². The number of hydrogen-bond acceptors (Lipinski definition) is 4. The van der Waals surface area contributed by atoms with Crippen molar-refractivity contribution in [2.45, 2.75) is 19.4 Å². The summed E-state index contributed by atoms with van der Waals surface area (Å²) >= 11 is 0. The fourth-order valence-electron chi connectivity index (χ4n) is 2.01. The largest absolute Gasteiger partial charge is 0.320 e. The SMILES string of the molecule is CNCCC(C)N1CCN(S(C)(=O)=O)CC1. The third-order valence-electron chi connectivity index (χ3n) is 3.18. The van der Waals surface area contributed by atoms with Gasteiger partial charge in [0, 0.05) is 32.2 Å². The quantitative estimate of drug-likeness (QED) is 0.718. The van der Waals surface area contributed by atoms with Gasteiger partial charge in [-0.2, -0.15) is 4.31 Å². The number of nitrogens with zero attached hydrogens (tertiary/aromatic N) is 2. The van der Waals surface area contributed by atoms with E-state index in [0.29, 0.717) is 19.1 Å². The van der Waals surface area contributed by atoms with Crippen LogP contribution in [0, 0.1) is 0 Å². The Labute approximate surface area is 98.8 Å². The summed E-state index contributed by atoms with van der Waals surface area (Å²) in [5, 5.41) is 3.14. The van der Waals surface area contributed by atoms with E-state index in [2.05, 4.69) is 17.1 Å². The highest BCUT2D eigenvalue weighted by molar-refractivity contribution is 7.88. The van der Waals surface area contributed by atoms with E-state index in [9.17, 15) is 8.42 Å². The first-order chi connectivity index (χ1) is 7.45. The summed E-state index contributed by atoms with van der Waals surface area (Å²) in [5.41, 5.74) is 0. The summed E-state index contributed by atoms with van der Waals surface area (Å²) in [6, 6.07) is 0.522. The third-order valence-corrected chi connectivity index (χ3v) is 4.48. The Morgan fingerprint density at radius 3 is 2.25 bits per heavy atom. The lowest BCUT2D eigenvalue weighted by molar-refractivity contribution is 0.140. The molecule has 1 saturated heterocycles. The molecule has 0 saturated carbocycles. The van der Waals surface area contributed by atoms with Crippen LogP contribution in [0.25, 0.3) is 0 Å². The minimum atomic E-state index is -3.00. The molecule has 0 aromatic rings. The van der Waals surface area contributed by atoms with Gasteiger partial charge in [-0.15, -0.1) is 0 Å².